The van der Waals surface area contributed by atoms with E-state index in [2.05, 4.69) is 14.9 Å². The maximum atomic E-state index is 12.7. The first-order valence-electron chi connectivity index (χ1n) is 9.39. The molecule has 1 aliphatic carbocycles. The fraction of sp³-hybridized carbons (Fsp3) is 0.400. The molecule has 1 saturated heterocycles. The Hall–Kier alpha value is -2.96. The number of anilines is 2. The third-order valence-electron chi connectivity index (χ3n) is 5.11. The van der Waals surface area contributed by atoms with Gasteiger partial charge in [0.15, 0.2) is 0 Å². The Labute approximate surface area is 158 Å². The summed E-state index contributed by atoms with van der Waals surface area (Å²) in [6, 6.07) is 8.78. The van der Waals surface area contributed by atoms with Crippen LogP contribution in [0.4, 0.5) is 11.6 Å². The standard InChI is InChI=1S/C20H23N5O2/c21-19-15(4-2-9-22-19)18(26)16-5-1-6-17(23-16)24-10-3-11-25(13-12-24)20(27)14-7-8-14/h1-2,4-6,9,14H,3,7-8,10-13H2,(H2,21,22). The normalized spacial score (nSPS) is 17.5. The number of rotatable bonds is 4. The molecule has 2 aromatic rings. The monoisotopic (exact) mass is 365 g/mol. The number of nitrogen functional groups attached to an aromatic ring is 1. The number of ketones is 1. The summed E-state index contributed by atoms with van der Waals surface area (Å²) in [6.45, 7) is 3.02. The van der Waals surface area contributed by atoms with E-state index >= 15 is 0 Å². The number of aromatic nitrogens is 2. The summed E-state index contributed by atoms with van der Waals surface area (Å²) in [5.74, 6) is 1.27. The van der Waals surface area contributed by atoms with Crippen molar-refractivity contribution in [2.45, 2.75) is 19.3 Å². The van der Waals surface area contributed by atoms with Gasteiger partial charge in [0.05, 0.1) is 5.56 Å². The van der Waals surface area contributed by atoms with Gasteiger partial charge in [0.1, 0.15) is 17.3 Å². The minimum Gasteiger partial charge on any atom is -0.383 e. The van der Waals surface area contributed by atoms with Gasteiger partial charge in [-0.15, -0.1) is 0 Å². The summed E-state index contributed by atoms with van der Waals surface area (Å²) >= 11 is 0. The van der Waals surface area contributed by atoms with Gasteiger partial charge in [0, 0.05) is 38.3 Å². The number of hydrogen-bond donors (Lipinski definition) is 1. The first kappa shape index (κ1) is 17.5. The highest BCUT2D eigenvalue weighted by molar-refractivity contribution is 6.10. The molecule has 27 heavy (non-hydrogen) atoms. The average Bonchev–Trinajstić information content (AvgIpc) is 3.54. The summed E-state index contributed by atoms with van der Waals surface area (Å²) in [4.78, 5) is 37.7. The minimum absolute atomic E-state index is 0.207. The van der Waals surface area contributed by atoms with Crippen molar-refractivity contribution in [1.82, 2.24) is 14.9 Å². The van der Waals surface area contributed by atoms with Crippen molar-refractivity contribution >= 4 is 23.3 Å². The molecule has 1 aliphatic heterocycles. The van der Waals surface area contributed by atoms with Crippen LogP contribution >= 0.6 is 0 Å². The zero-order chi connectivity index (χ0) is 18.8. The molecule has 4 rings (SSSR count). The van der Waals surface area contributed by atoms with Crippen LogP contribution in [0.5, 0.6) is 0 Å². The second kappa shape index (κ2) is 7.34. The molecule has 0 unspecified atom stereocenters. The average molecular weight is 365 g/mol. The van der Waals surface area contributed by atoms with Gasteiger partial charge in [-0.05, 0) is 43.5 Å². The molecule has 2 N–H and O–H groups in total. The van der Waals surface area contributed by atoms with Gasteiger partial charge in [0.2, 0.25) is 11.7 Å². The first-order valence-corrected chi connectivity index (χ1v) is 9.39. The second-order valence-electron chi connectivity index (χ2n) is 7.09. The number of carbonyl (C=O) groups excluding carboxylic acids is 2. The number of nitrogens with two attached hydrogens (primary N) is 1. The van der Waals surface area contributed by atoms with Gasteiger partial charge in [-0.25, -0.2) is 9.97 Å². The van der Waals surface area contributed by atoms with Gasteiger partial charge in [-0.2, -0.15) is 0 Å². The van der Waals surface area contributed by atoms with E-state index in [1.165, 1.54) is 0 Å². The highest BCUT2D eigenvalue weighted by Gasteiger charge is 2.34. The number of nitrogens with zero attached hydrogens (tertiary/aromatic N) is 4. The number of pyridine rings is 2. The van der Waals surface area contributed by atoms with Crippen LogP contribution < -0.4 is 10.6 Å². The van der Waals surface area contributed by atoms with Crippen LogP contribution in [0.15, 0.2) is 36.5 Å². The zero-order valence-corrected chi connectivity index (χ0v) is 15.2. The summed E-state index contributed by atoms with van der Waals surface area (Å²) in [6.07, 6.45) is 4.51. The second-order valence-corrected chi connectivity index (χ2v) is 7.09. The number of carbonyl (C=O) groups is 2. The topological polar surface area (TPSA) is 92.4 Å². The highest BCUT2D eigenvalue weighted by Crippen LogP contribution is 2.31. The Morgan fingerprint density at radius 3 is 2.67 bits per heavy atom. The molecular formula is C20H23N5O2. The molecule has 1 saturated carbocycles. The maximum absolute atomic E-state index is 12.7. The lowest BCUT2D eigenvalue weighted by atomic mass is 10.1. The minimum atomic E-state index is -0.234. The fourth-order valence-electron chi connectivity index (χ4n) is 3.43. The molecule has 3 heterocycles. The van der Waals surface area contributed by atoms with Crippen molar-refractivity contribution in [2.24, 2.45) is 5.92 Å². The highest BCUT2D eigenvalue weighted by atomic mass is 16.2. The molecule has 7 heteroatoms. The van der Waals surface area contributed by atoms with Crippen molar-refractivity contribution in [2.75, 3.05) is 36.8 Å². The third kappa shape index (κ3) is 3.77. The van der Waals surface area contributed by atoms with Gasteiger partial charge in [-0.3, -0.25) is 9.59 Å². The Kier molecular flexibility index (Phi) is 4.75. The van der Waals surface area contributed by atoms with Crippen LogP contribution in [0.25, 0.3) is 0 Å². The van der Waals surface area contributed by atoms with Crippen LogP contribution in [-0.2, 0) is 4.79 Å². The summed E-state index contributed by atoms with van der Waals surface area (Å²) in [5.41, 5.74) is 6.54. The van der Waals surface area contributed by atoms with Crippen molar-refractivity contribution in [3.8, 4) is 0 Å². The predicted molar refractivity (Wildman–Crippen MR) is 102 cm³/mol. The van der Waals surface area contributed by atoms with E-state index in [1.54, 1.807) is 24.4 Å². The maximum Gasteiger partial charge on any atom is 0.225 e. The quantitative estimate of drug-likeness (QED) is 0.830. The molecular weight excluding hydrogens is 342 g/mol. The molecule has 2 aliphatic rings. The summed E-state index contributed by atoms with van der Waals surface area (Å²) in [5, 5.41) is 0. The molecule has 0 bridgehead atoms. The van der Waals surface area contributed by atoms with Crippen molar-refractivity contribution in [1.29, 1.82) is 0 Å². The predicted octanol–water partition coefficient (Wildman–Crippen LogP) is 1.74. The number of hydrogen-bond acceptors (Lipinski definition) is 6. The molecule has 0 radical (unpaired) electrons. The molecule has 0 atom stereocenters. The van der Waals surface area contributed by atoms with Crippen LogP contribution in [0, 0.1) is 5.92 Å². The van der Waals surface area contributed by atoms with E-state index in [1.807, 2.05) is 17.0 Å². The van der Waals surface area contributed by atoms with Crippen LogP contribution in [0.1, 0.15) is 35.3 Å². The van der Waals surface area contributed by atoms with E-state index in [0.29, 0.717) is 23.7 Å². The molecule has 0 spiro atoms. The van der Waals surface area contributed by atoms with E-state index in [4.69, 9.17) is 5.73 Å². The van der Waals surface area contributed by atoms with Gasteiger partial charge >= 0.3 is 0 Å². The largest absolute Gasteiger partial charge is 0.383 e. The van der Waals surface area contributed by atoms with Gasteiger partial charge in [0.25, 0.3) is 0 Å². The Morgan fingerprint density at radius 1 is 1.04 bits per heavy atom. The lowest BCUT2D eigenvalue weighted by Gasteiger charge is -2.23. The molecule has 7 nitrogen and oxygen atoms in total. The van der Waals surface area contributed by atoms with E-state index in [9.17, 15) is 9.59 Å². The van der Waals surface area contributed by atoms with Crippen LogP contribution in [-0.4, -0.2) is 52.7 Å². The molecule has 140 valence electrons. The lowest BCUT2D eigenvalue weighted by Crippen LogP contribution is -2.36. The smallest absolute Gasteiger partial charge is 0.225 e. The lowest BCUT2D eigenvalue weighted by molar-refractivity contribution is -0.132. The molecule has 0 aromatic carbocycles. The van der Waals surface area contributed by atoms with Gasteiger partial charge in [-0.1, -0.05) is 6.07 Å². The first-order chi connectivity index (χ1) is 13.1. The van der Waals surface area contributed by atoms with Gasteiger partial charge < -0.3 is 15.5 Å². The molecule has 2 fully saturated rings. The van der Waals surface area contributed by atoms with E-state index in [-0.39, 0.29) is 17.5 Å². The molecule has 2 aromatic heterocycles. The third-order valence-corrected chi connectivity index (χ3v) is 5.11. The van der Waals surface area contributed by atoms with Crippen molar-refractivity contribution in [3.05, 3.63) is 47.8 Å². The Morgan fingerprint density at radius 2 is 1.89 bits per heavy atom. The zero-order valence-electron chi connectivity index (χ0n) is 15.2. The number of amides is 1. The summed E-state index contributed by atoms with van der Waals surface area (Å²) in [7, 11) is 0. The van der Waals surface area contributed by atoms with Crippen LogP contribution in [0.3, 0.4) is 0 Å². The van der Waals surface area contributed by atoms with Crippen molar-refractivity contribution < 1.29 is 9.59 Å². The molecule has 1 amide bonds. The van der Waals surface area contributed by atoms with E-state index < -0.39 is 0 Å². The van der Waals surface area contributed by atoms with Crippen molar-refractivity contribution in [3.63, 3.8) is 0 Å². The fourth-order valence-corrected chi connectivity index (χ4v) is 3.43. The van der Waals surface area contributed by atoms with E-state index in [0.717, 1.165) is 44.7 Å². The summed E-state index contributed by atoms with van der Waals surface area (Å²) < 4.78 is 0. The Balaban J connectivity index is 1.49. The SMILES string of the molecule is Nc1ncccc1C(=O)c1cccc(N2CCCN(C(=O)C3CC3)CC2)n1. The van der Waals surface area contributed by atoms with Crippen LogP contribution in [0.2, 0.25) is 0 Å². The Bertz CT molecular complexity index is 865.